The number of aromatic nitrogens is 1. The number of benzene rings is 2. The Bertz CT molecular complexity index is 795. The Kier molecular flexibility index (Phi) is 3.20. The van der Waals surface area contributed by atoms with Crippen molar-refractivity contribution in [1.82, 2.24) is 4.98 Å². The molecule has 0 saturated carbocycles. The fourth-order valence-electron chi connectivity index (χ4n) is 2.11. The summed E-state index contributed by atoms with van der Waals surface area (Å²) in [5.74, 6) is -0.429. The summed E-state index contributed by atoms with van der Waals surface area (Å²) in [4.78, 5) is 16.6. The highest BCUT2D eigenvalue weighted by atomic mass is 32.2. The molecule has 1 amide bonds. The minimum Gasteiger partial charge on any atom is -0.443 e. The van der Waals surface area contributed by atoms with Gasteiger partial charge in [0.25, 0.3) is 0 Å². The van der Waals surface area contributed by atoms with Crippen molar-refractivity contribution in [3.8, 4) is 11.1 Å². The molecule has 3 aromatic rings. The van der Waals surface area contributed by atoms with E-state index in [1.807, 2.05) is 36.6 Å². The van der Waals surface area contributed by atoms with Crippen LogP contribution in [0.4, 0.5) is 0 Å². The first kappa shape index (κ1) is 12.7. The van der Waals surface area contributed by atoms with Gasteiger partial charge < -0.3 is 10.2 Å². The lowest BCUT2D eigenvalue weighted by Crippen LogP contribution is -2.10. The van der Waals surface area contributed by atoms with Gasteiger partial charge in [-0.1, -0.05) is 6.07 Å². The topological polar surface area (TPSA) is 69.1 Å². The summed E-state index contributed by atoms with van der Waals surface area (Å²) in [5, 5.41) is 0. The van der Waals surface area contributed by atoms with E-state index in [-0.39, 0.29) is 0 Å². The molecule has 0 aliphatic carbocycles. The molecule has 0 spiro atoms. The molecule has 0 radical (unpaired) electrons. The van der Waals surface area contributed by atoms with Crippen molar-refractivity contribution in [1.29, 1.82) is 0 Å². The monoisotopic (exact) mass is 284 g/mol. The summed E-state index contributed by atoms with van der Waals surface area (Å²) in [5.41, 5.74) is 9.34. The van der Waals surface area contributed by atoms with Crippen molar-refractivity contribution < 1.29 is 9.21 Å². The number of amides is 1. The lowest BCUT2D eigenvalue weighted by atomic mass is 10.0. The standard InChI is InChI=1S/C15H12N2O2S/c1-20-14-5-3-10(15(16)18)6-11(14)9-2-4-13-12(7-9)17-8-19-13/h2-8H,1H3,(H2,16,18). The predicted octanol–water partition coefficient (Wildman–Crippen LogP) is 3.32. The van der Waals surface area contributed by atoms with Crippen LogP contribution in [-0.2, 0) is 0 Å². The Hall–Kier alpha value is -2.27. The van der Waals surface area contributed by atoms with Crippen molar-refractivity contribution in [3.05, 3.63) is 48.4 Å². The molecule has 0 saturated heterocycles. The third-order valence-electron chi connectivity index (χ3n) is 3.13. The number of carbonyl (C=O) groups excluding carboxylic acids is 1. The maximum atomic E-state index is 11.3. The zero-order valence-electron chi connectivity index (χ0n) is 10.8. The molecule has 0 atom stereocenters. The molecule has 100 valence electrons. The molecule has 4 nitrogen and oxygen atoms in total. The molecule has 1 heterocycles. The fraction of sp³-hybridized carbons (Fsp3) is 0.0667. The summed E-state index contributed by atoms with van der Waals surface area (Å²) in [6, 6.07) is 11.2. The van der Waals surface area contributed by atoms with E-state index in [4.69, 9.17) is 10.2 Å². The minimum atomic E-state index is -0.429. The lowest BCUT2D eigenvalue weighted by Gasteiger charge is -2.09. The van der Waals surface area contributed by atoms with Crippen molar-refractivity contribution in [2.24, 2.45) is 5.73 Å². The molecular formula is C15H12N2O2S. The van der Waals surface area contributed by atoms with Crippen LogP contribution in [0.2, 0.25) is 0 Å². The van der Waals surface area contributed by atoms with Crippen LogP contribution in [0.15, 0.2) is 52.1 Å². The number of rotatable bonds is 3. The Balaban J connectivity index is 2.20. The summed E-state index contributed by atoms with van der Waals surface area (Å²) in [6.07, 6.45) is 3.42. The Labute approximate surface area is 120 Å². The molecule has 2 N–H and O–H groups in total. The molecule has 5 heteroatoms. The van der Waals surface area contributed by atoms with Crippen LogP contribution in [-0.4, -0.2) is 17.1 Å². The smallest absolute Gasteiger partial charge is 0.248 e. The molecule has 20 heavy (non-hydrogen) atoms. The second kappa shape index (κ2) is 5.02. The van der Waals surface area contributed by atoms with Crippen molar-refractivity contribution in [2.45, 2.75) is 4.90 Å². The first-order valence-corrected chi connectivity index (χ1v) is 7.23. The number of fused-ring (bicyclic) bond motifs is 1. The van der Waals surface area contributed by atoms with Gasteiger partial charge in [0.2, 0.25) is 5.91 Å². The minimum absolute atomic E-state index is 0.429. The maximum absolute atomic E-state index is 11.3. The molecule has 2 aromatic carbocycles. The molecule has 0 fully saturated rings. The maximum Gasteiger partial charge on any atom is 0.248 e. The molecule has 0 aliphatic rings. The van der Waals surface area contributed by atoms with Gasteiger partial charge >= 0.3 is 0 Å². The van der Waals surface area contributed by atoms with Gasteiger partial charge in [0.15, 0.2) is 12.0 Å². The summed E-state index contributed by atoms with van der Waals surface area (Å²) >= 11 is 1.62. The number of oxazole rings is 1. The normalized spacial score (nSPS) is 10.8. The predicted molar refractivity (Wildman–Crippen MR) is 79.7 cm³/mol. The van der Waals surface area contributed by atoms with Crippen molar-refractivity contribution in [3.63, 3.8) is 0 Å². The first-order chi connectivity index (χ1) is 9.69. The highest BCUT2D eigenvalue weighted by Gasteiger charge is 2.10. The van der Waals surface area contributed by atoms with Crippen molar-refractivity contribution in [2.75, 3.05) is 6.26 Å². The van der Waals surface area contributed by atoms with Crippen LogP contribution in [0.1, 0.15) is 10.4 Å². The van der Waals surface area contributed by atoms with Gasteiger partial charge in [-0.05, 0) is 47.7 Å². The Morgan fingerprint density at radius 1 is 1.25 bits per heavy atom. The zero-order chi connectivity index (χ0) is 14.1. The quantitative estimate of drug-likeness (QED) is 0.749. The molecule has 0 bridgehead atoms. The summed E-state index contributed by atoms with van der Waals surface area (Å²) in [7, 11) is 0. The third-order valence-corrected chi connectivity index (χ3v) is 3.92. The number of hydrogen-bond donors (Lipinski definition) is 1. The third kappa shape index (κ3) is 2.16. The van der Waals surface area contributed by atoms with Gasteiger partial charge in [-0.3, -0.25) is 4.79 Å². The van der Waals surface area contributed by atoms with Gasteiger partial charge in [-0.15, -0.1) is 11.8 Å². The van der Waals surface area contributed by atoms with E-state index in [0.29, 0.717) is 5.56 Å². The first-order valence-electron chi connectivity index (χ1n) is 6.00. The highest BCUT2D eigenvalue weighted by molar-refractivity contribution is 7.98. The largest absolute Gasteiger partial charge is 0.443 e. The second-order valence-corrected chi connectivity index (χ2v) is 5.16. The number of nitrogens with two attached hydrogens (primary N) is 1. The van der Waals surface area contributed by atoms with Gasteiger partial charge in [-0.25, -0.2) is 4.98 Å². The summed E-state index contributed by atoms with van der Waals surface area (Å²) in [6.45, 7) is 0. The molecule has 1 aromatic heterocycles. The van der Waals surface area contributed by atoms with Gasteiger partial charge in [-0.2, -0.15) is 0 Å². The van der Waals surface area contributed by atoms with Crippen molar-refractivity contribution >= 4 is 28.8 Å². The van der Waals surface area contributed by atoms with Crippen LogP contribution in [0.5, 0.6) is 0 Å². The van der Waals surface area contributed by atoms with Crippen LogP contribution < -0.4 is 5.73 Å². The molecule has 3 rings (SSSR count). The van der Waals surface area contributed by atoms with E-state index >= 15 is 0 Å². The molecule has 0 unspecified atom stereocenters. The van der Waals surface area contributed by atoms with Crippen LogP contribution >= 0.6 is 11.8 Å². The molecular weight excluding hydrogens is 272 g/mol. The second-order valence-electron chi connectivity index (χ2n) is 4.31. The van der Waals surface area contributed by atoms with E-state index in [0.717, 1.165) is 27.1 Å². The van der Waals surface area contributed by atoms with E-state index in [1.165, 1.54) is 6.39 Å². The van der Waals surface area contributed by atoms with Gasteiger partial charge in [0, 0.05) is 10.5 Å². The van der Waals surface area contributed by atoms with Crippen LogP contribution in [0.3, 0.4) is 0 Å². The van der Waals surface area contributed by atoms with Crippen LogP contribution in [0, 0.1) is 0 Å². The lowest BCUT2D eigenvalue weighted by molar-refractivity contribution is 0.100. The SMILES string of the molecule is CSc1ccc(C(N)=O)cc1-c1ccc2ocnc2c1. The average molecular weight is 284 g/mol. The number of primary amides is 1. The van der Waals surface area contributed by atoms with Crippen LogP contribution in [0.25, 0.3) is 22.2 Å². The average Bonchev–Trinajstić information content (AvgIpc) is 2.93. The number of thioether (sulfide) groups is 1. The highest BCUT2D eigenvalue weighted by Crippen LogP contribution is 2.32. The number of hydrogen-bond acceptors (Lipinski definition) is 4. The van der Waals surface area contributed by atoms with E-state index in [1.54, 1.807) is 17.8 Å². The van der Waals surface area contributed by atoms with E-state index in [9.17, 15) is 4.79 Å². The Morgan fingerprint density at radius 2 is 2.10 bits per heavy atom. The van der Waals surface area contributed by atoms with Gasteiger partial charge in [0.1, 0.15) is 5.52 Å². The molecule has 0 aliphatic heterocycles. The zero-order valence-corrected chi connectivity index (χ0v) is 11.6. The summed E-state index contributed by atoms with van der Waals surface area (Å²) < 4.78 is 5.24. The van der Waals surface area contributed by atoms with E-state index < -0.39 is 5.91 Å². The fourth-order valence-corrected chi connectivity index (χ4v) is 2.71. The number of nitrogens with zero attached hydrogens (tertiary/aromatic N) is 1. The Morgan fingerprint density at radius 3 is 2.85 bits per heavy atom. The number of carbonyl (C=O) groups is 1. The van der Waals surface area contributed by atoms with Gasteiger partial charge in [0.05, 0.1) is 0 Å². The van der Waals surface area contributed by atoms with E-state index in [2.05, 4.69) is 4.98 Å².